The molecule has 0 radical (unpaired) electrons. The van der Waals surface area contributed by atoms with Gasteiger partial charge in [-0.3, -0.25) is 0 Å². The van der Waals surface area contributed by atoms with Crippen molar-refractivity contribution >= 4 is 0 Å². The number of rotatable bonds is 10. The second kappa shape index (κ2) is 13.8. The third-order valence-electron chi connectivity index (χ3n) is 6.63. The van der Waals surface area contributed by atoms with Gasteiger partial charge in [0, 0.05) is 24.8 Å². The SMILES string of the molecule is C=CCCC[n+]1[c-]n(-c2c(C)cc(C)cc2C)cc1.C=CCCC[n+]1[c-]n(-c2c(C)cc(C)cc2C)cc1. The molecule has 2 heterocycles. The standard InChI is InChI=1S/2C17H22N2/c2*1-5-6-7-8-18-9-10-19(13-18)17-15(3)11-14(2)12-16(17)4/h2*5,9-12H,1,6-8H2,2-4H3. The molecule has 4 nitrogen and oxygen atoms in total. The van der Waals surface area contributed by atoms with E-state index in [0.717, 1.165) is 38.8 Å². The van der Waals surface area contributed by atoms with Gasteiger partial charge in [0.15, 0.2) is 0 Å². The van der Waals surface area contributed by atoms with Crippen molar-refractivity contribution in [3.63, 3.8) is 0 Å². The lowest BCUT2D eigenvalue weighted by Gasteiger charge is -2.12. The first-order valence-corrected chi connectivity index (χ1v) is 13.6. The first kappa shape index (κ1) is 28.9. The normalized spacial score (nSPS) is 10.7. The van der Waals surface area contributed by atoms with E-state index in [-0.39, 0.29) is 0 Å². The number of benzene rings is 2. The number of hydrogen-bond donors (Lipinski definition) is 0. The van der Waals surface area contributed by atoms with Crippen molar-refractivity contribution in [3.05, 3.63) is 120 Å². The molecule has 0 fully saturated rings. The highest BCUT2D eigenvalue weighted by Gasteiger charge is 2.08. The summed E-state index contributed by atoms with van der Waals surface area (Å²) >= 11 is 0. The van der Waals surface area contributed by atoms with E-state index in [0.29, 0.717) is 0 Å². The topological polar surface area (TPSA) is 17.6 Å². The molecule has 200 valence electrons. The number of imidazole rings is 2. The van der Waals surface area contributed by atoms with Crippen LogP contribution in [0.2, 0.25) is 0 Å². The van der Waals surface area contributed by atoms with Crippen LogP contribution in [-0.4, -0.2) is 9.13 Å². The average molecular weight is 509 g/mol. The van der Waals surface area contributed by atoms with E-state index < -0.39 is 0 Å². The van der Waals surface area contributed by atoms with Gasteiger partial charge in [0.2, 0.25) is 12.7 Å². The number of allylic oxidation sites excluding steroid dienone is 2. The molecular formula is C34H44N4. The van der Waals surface area contributed by atoms with Crippen molar-refractivity contribution in [1.82, 2.24) is 9.13 Å². The van der Waals surface area contributed by atoms with Gasteiger partial charge in [-0.1, -0.05) is 47.5 Å². The monoisotopic (exact) mass is 508 g/mol. The van der Waals surface area contributed by atoms with E-state index in [1.165, 1.54) is 44.8 Å². The summed E-state index contributed by atoms with van der Waals surface area (Å²) in [6.07, 6.45) is 23.4. The molecule has 0 spiro atoms. The van der Waals surface area contributed by atoms with Crippen molar-refractivity contribution in [2.24, 2.45) is 0 Å². The highest BCUT2D eigenvalue weighted by Crippen LogP contribution is 2.21. The number of nitrogens with zero attached hydrogens (tertiary/aromatic N) is 4. The van der Waals surface area contributed by atoms with E-state index >= 15 is 0 Å². The summed E-state index contributed by atoms with van der Waals surface area (Å²) in [5.41, 5.74) is 10.3. The smallest absolute Gasteiger partial charge is 0.243 e. The van der Waals surface area contributed by atoms with Crippen LogP contribution in [0, 0.1) is 54.2 Å². The third kappa shape index (κ3) is 7.67. The average Bonchev–Trinajstić information content (AvgIpc) is 3.49. The first-order chi connectivity index (χ1) is 18.2. The zero-order valence-electron chi connectivity index (χ0n) is 24.2. The fourth-order valence-corrected chi connectivity index (χ4v) is 5.12. The lowest BCUT2D eigenvalue weighted by molar-refractivity contribution is -0.700. The summed E-state index contributed by atoms with van der Waals surface area (Å²) in [5.74, 6) is 0. The molecule has 4 rings (SSSR count). The Morgan fingerprint density at radius 1 is 0.632 bits per heavy atom. The second-order valence-corrected chi connectivity index (χ2v) is 10.3. The van der Waals surface area contributed by atoms with Gasteiger partial charge in [-0.05, 0) is 89.5 Å². The molecule has 0 bridgehead atoms. The van der Waals surface area contributed by atoms with Crippen LogP contribution in [0.3, 0.4) is 0 Å². The van der Waals surface area contributed by atoms with Crippen LogP contribution >= 0.6 is 0 Å². The Bertz CT molecular complexity index is 1220. The maximum Gasteiger partial charge on any atom is 0.243 e. The van der Waals surface area contributed by atoms with Crippen molar-refractivity contribution < 1.29 is 9.13 Å². The maximum atomic E-state index is 3.75. The van der Waals surface area contributed by atoms with Crippen LogP contribution in [0.25, 0.3) is 11.4 Å². The molecule has 0 N–H and O–H groups in total. The Labute approximate surface area is 230 Å². The van der Waals surface area contributed by atoms with Gasteiger partial charge in [-0.15, -0.1) is 13.2 Å². The first-order valence-electron chi connectivity index (χ1n) is 13.6. The van der Waals surface area contributed by atoms with Gasteiger partial charge in [-0.2, -0.15) is 0 Å². The molecule has 0 atom stereocenters. The van der Waals surface area contributed by atoms with E-state index in [1.807, 2.05) is 12.2 Å². The van der Waals surface area contributed by atoms with Crippen molar-refractivity contribution in [1.29, 1.82) is 0 Å². The fourth-order valence-electron chi connectivity index (χ4n) is 5.12. The molecule has 38 heavy (non-hydrogen) atoms. The Hall–Kier alpha value is -3.66. The van der Waals surface area contributed by atoms with Crippen molar-refractivity contribution in [3.8, 4) is 11.4 Å². The van der Waals surface area contributed by atoms with E-state index in [4.69, 9.17) is 0 Å². The molecule has 4 aromatic rings. The summed E-state index contributed by atoms with van der Waals surface area (Å²) in [6.45, 7) is 22.4. The van der Waals surface area contributed by atoms with Crippen LogP contribution in [-0.2, 0) is 13.1 Å². The summed E-state index contributed by atoms with van der Waals surface area (Å²) in [6, 6.07) is 8.88. The Kier molecular flexibility index (Phi) is 10.5. The largest absolute Gasteiger partial charge is 0.326 e. The quantitative estimate of drug-likeness (QED) is 0.0958. The van der Waals surface area contributed by atoms with Crippen LogP contribution in [0.4, 0.5) is 0 Å². The molecule has 0 aliphatic heterocycles. The minimum atomic E-state index is 0.989. The fraction of sp³-hybridized carbons (Fsp3) is 0.353. The molecular weight excluding hydrogens is 464 g/mol. The van der Waals surface area contributed by atoms with Crippen molar-refractivity contribution in [2.75, 3.05) is 0 Å². The summed E-state index contributed by atoms with van der Waals surface area (Å²) in [5, 5.41) is 0. The molecule has 0 saturated carbocycles. The molecule has 0 aliphatic carbocycles. The molecule has 2 aromatic heterocycles. The predicted molar refractivity (Wildman–Crippen MR) is 157 cm³/mol. The summed E-state index contributed by atoms with van der Waals surface area (Å²) in [4.78, 5) is 0. The van der Waals surface area contributed by atoms with Gasteiger partial charge >= 0.3 is 0 Å². The summed E-state index contributed by atoms with van der Waals surface area (Å²) in [7, 11) is 0. The molecule has 2 aromatic carbocycles. The third-order valence-corrected chi connectivity index (χ3v) is 6.63. The molecule has 0 unspecified atom stereocenters. The molecule has 0 amide bonds. The van der Waals surface area contributed by atoms with Crippen LogP contribution in [0.15, 0.2) is 74.4 Å². The van der Waals surface area contributed by atoms with Crippen LogP contribution in [0.1, 0.15) is 59.1 Å². The van der Waals surface area contributed by atoms with Crippen molar-refractivity contribution in [2.45, 2.75) is 80.3 Å². The minimum absolute atomic E-state index is 0.989. The predicted octanol–water partition coefficient (Wildman–Crippen LogP) is 6.91. The van der Waals surface area contributed by atoms with Gasteiger partial charge < -0.3 is 18.3 Å². The molecule has 0 saturated heterocycles. The summed E-state index contributed by atoms with van der Waals surface area (Å²) < 4.78 is 8.42. The lowest BCUT2D eigenvalue weighted by Crippen LogP contribution is -2.31. The number of hydrogen-bond acceptors (Lipinski definition) is 0. The minimum Gasteiger partial charge on any atom is -0.326 e. The van der Waals surface area contributed by atoms with Crippen LogP contribution < -0.4 is 9.13 Å². The number of aromatic nitrogens is 4. The van der Waals surface area contributed by atoms with E-state index in [2.05, 4.69) is 135 Å². The van der Waals surface area contributed by atoms with Crippen LogP contribution in [0.5, 0.6) is 0 Å². The lowest BCUT2D eigenvalue weighted by atomic mass is 10.1. The Balaban J connectivity index is 0.000000211. The maximum absolute atomic E-state index is 3.75. The molecule has 4 heteroatoms. The van der Waals surface area contributed by atoms with Gasteiger partial charge in [-0.25, -0.2) is 0 Å². The van der Waals surface area contributed by atoms with E-state index in [9.17, 15) is 0 Å². The van der Waals surface area contributed by atoms with Gasteiger partial charge in [0.05, 0.1) is 24.5 Å². The van der Waals surface area contributed by atoms with E-state index in [1.54, 1.807) is 0 Å². The molecule has 0 aliphatic rings. The zero-order valence-corrected chi connectivity index (χ0v) is 24.2. The van der Waals surface area contributed by atoms with Gasteiger partial charge in [0.1, 0.15) is 0 Å². The number of unbranched alkanes of at least 4 members (excludes halogenated alkanes) is 2. The second-order valence-electron chi connectivity index (χ2n) is 10.3. The Morgan fingerprint density at radius 2 is 0.974 bits per heavy atom. The highest BCUT2D eigenvalue weighted by molar-refractivity contribution is 5.49. The highest BCUT2D eigenvalue weighted by atomic mass is 15.1. The number of aryl methyl sites for hydroxylation is 8. The zero-order chi connectivity index (χ0) is 27.7. The Morgan fingerprint density at radius 3 is 1.29 bits per heavy atom. The van der Waals surface area contributed by atoms with Gasteiger partial charge in [0.25, 0.3) is 0 Å².